The third-order valence-corrected chi connectivity index (χ3v) is 4.20. The summed E-state index contributed by atoms with van der Waals surface area (Å²) in [6, 6.07) is 7.21. The predicted molar refractivity (Wildman–Crippen MR) is 92.6 cm³/mol. The number of nitrogens with one attached hydrogen (secondary N) is 1. The highest BCUT2D eigenvalue weighted by molar-refractivity contribution is 9.11. The number of benzene rings is 1. The Hall–Kier alpha value is -1.40. The topological polar surface area (TPSA) is 68.0 Å². The Morgan fingerprint density at radius 2 is 1.86 bits per heavy atom. The number of nitrogens with two attached hydrogens (primary N) is 1. The van der Waals surface area contributed by atoms with Crippen LogP contribution in [-0.4, -0.2) is 10.9 Å². The van der Waals surface area contributed by atoms with Crippen LogP contribution in [0.25, 0.3) is 0 Å². The molecule has 4 nitrogen and oxygen atoms in total. The maximum atomic E-state index is 12.4. The van der Waals surface area contributed by atoms with Crippen LogP contribution < -0.4 is 11.1 Å². The summed E-state index contributed by atoms with van der Waals surface area (Å²) in [6.07, 6.45) is 0.725. The second kappa shape index (κ2) is 6.58. The summed E-state index contributed by atoms with van der Waals surface area (Å²) in [5.41, 5.74) is 8.81. The lowest BCUT2D eigenvalue weighted by Crippen LogP contribution is -2.14. The number of hydrogen-bond donors (Lipinski definition) is 2. The highest BCUT2D eigenvalue weighted by Gasteiger charge is 2.13. The van der Waals surface area contributed by atoms with Crippen LogP contribution in [0.4, 0.5) is 11.5 Å². The molecule has 0 bridgehead atoms. The molecule has 0 unspecified atom stereocenters. The minimum absolute atomic E-state index is 0.218. The van der Waals surface area contributed by atoms with Crippen LogP contribution in [0.3, 0.4) is 0 Å². The average Bonchev–Trinajstić information content (AvgIpc) is 2.41. The van der Waals surface area contributed by atoms with E-state index in [-0.39, 0.29) is 5.91 Å². The van der Waals surface area contributed by atoms with Crippen molar-refractivity contribution in [2.45, 2.75) is 20.3 Å². The van der Waals surface area contributed by atoms with Gasteiger partial charge in [-0.1, -0.05) is 6.92 Å². The first-order valence-corrected chi connectivity index (χ1v) is 8.02. The fraction of sp³-hybridized carbons (Fsp3) is 0.200. The van der Waals surface area contributed by atoms with Gasteiger partial charge < -0.3 is 11.1 Å². The lowest BCUT2D eigenvalue weighted by molar-refractivity contribution is 0.102. The molecular weight excluding hydrogens is 398 g/mol. The molecule has 0 aliphatic heterocycles. The number of aryl methyl sites for hydroxylation is 2. The van der Waals surface area contributed by atoms with Gasteiger partial charge in [-0.25, -0.2) is 4.98 Å². The van der Waals surface area contributed by atoms with Gasteiger partial charge in [-0.15, -0.1) is 0 Å². The largest absolute Gasteiger partial charge is 0.384 e. The summed E-state index contributed by atoms with van der Waals surface area (Å²) in [5, 5.41) is 2.88. The Bertz CT molecular complexity index is 678. The number of nitrogens with zero attached hydrogens (tertiary/aromatic N) is 1. The number of nitrogen functional groups attached to an aromatic ring is 1. The van der Waals surface area contributed by atoms with Crippen molar-refractivity contribution in [2.75, 3.05) is 11.1 Å². The zero-order valence-electron chi connectivity index (χ0n) is 11.7. The fourth-order valence-electron chi connectivity index (χ4n) is 1.93. The molecule has 1 aromatic heterocycles. The van der Waals surface area contributed by atoms with Gasteiger partial charge in [-0.3, -0.25) is 4.79 Å². The summed E-state index contributed by atoms with van der Waals surface area (Å²) in [5.74, 6) is 0.130. The van der Waals surface area contributed by atoms with Crippen LogP contribution in [0.5, 0.6) is 0 Å². The smallest absolute Gasteiger partial charge is 0.255 e. The second-order valence-electron chi connectivity index (χ2n) is 4.68. The van der Waals surface area contributed by atoms with Crippen LogP contribution in [0, 0.1) is 6.92 Å². The number of carbonyl (C=O) groups is 1. The number of aromatic nitrogens is 1. The molecule has 110 valence electrons. The minimum atomic E-state index is -0.218. The zero-order chi connectivity index (χ0) is 15.6. The van der Waals surface area contributed by atoms with E-state index in [1.807, 2.05) is 26.0 Å². The molecule has 0 aliphatic carbocycles. The minimum Gasteiger partial charge on any atom is -0.384 e. The van der Waals surface area contributed by atoms with Gasteiger partial charge in [0.05, 0.1) is 5.69 Å². The summed E-state index contributed by atoms with van der Waals surface area (Å²) in [6.45, 7) is 3.95. The molecule has 2 aromatic rings. The maximum Gasteiger partial charge on any atom is 0.255 e. The van der Waals surface area contributed by atoms with Crippen molar-refractivity contribution in [3.05, 3.63) is 50.0 Å². The number of amides is 1. The van der Waals surface area contributed by atoms with Gasteiger partial charge in [0.1, 0.15) is 5.82 Å². The lowest BCUT2D eigenvalue weighted by atomic mass is 10.1. The number of carbonyl (C=O) groups excluding carboxylic acids is 1. The number of halogens is 2. The van der Waals surface area contributed by atoms with Gasteiger partial charge in [0.2, 0.25) is 0 Å². The molecule has 21 heavy (non-hydrogen) atoms. The summed E-state index contributed by atoms with van der Waals surface area (Å²) in [4.78, 5) is 16.6. The average molecular weight is 413 g/mol. The van der Waals surface area contributed by atoms with E-state index in [2.05, 4.69) is 42.2 Å². The fourth-order valence-corrected chi connectivity index (χ4v) is 3.54. The molecule has 0 saturated carbocycles. The van der Waals surface area contributed by atoms with Crippen LogP contribution in [-0.2, 0) is 6.42 Å². The van der Waals surface area contributed by atoms with E-state index in [0.717, 1.165) is 26.6 Å². The maximum absolute atomic E-state index is 12.4. The van der Waals surface area contributed by atoms with E-state index in [1.165, 1.54) is 0 Å². The summed E-state index contributed by atoms with van der Waals surface area (Å²) < 4.78 is 1.64. The van der Waals surface area contributed by atoms with Crippen molar-refractivity contribution >= 4 is 49.3 Å². The van der Waals surface area contributed by atoms with Crippen LogP contribution in [0.1, 0.15) is 28.5 Å². The zero-order valence-corrected chi connectivity index (χ0v) is 14.9. The van der Waals surface area contributed by atoms with Gasteiger partial charge in [0.25, 0.3) is 5.91 Å². The number of pyridine rings is 1. The van der Waals surface area contributed by atoms with E-state index in [0.29, 0.717) is 17.1 Å². The first-order chi connectivity index (χ1) is 9.90. The Morgan fingerprint density at radius 1 is 1.24 bits per heavy atom. The molecular formula is C15H15Br2N3O. The molecule has 1 amide bonds. The van der Waals surface area contributed by atoms with Crippen LogP contribution in [0.2, 0.25) is 0 Å². The van der Waals surface area contributed by atoms with E-state index < -0.39 is 0 Å². The van der Waals surface area contributed by atoms with Gasteiger partial charge in [-0.2, -0.15) is 0 Å². The second-order valence-corrected chi connectivity index (χ2v) is 6.39. The lowest BCUT2D eigenvalue weighted by Gasteiger charge is -2.11. The third-order valence-electron chi connectivity index (χ3n) is 2.95. The molecule has 0 spiro atoms. The summed E-state index contributed by atoms with van der Waals surface area (Å²) in [7, 11) is 0. The molecule has 2 rings (SSSR count). The van der Waals surface area contributed by atoms with E-state index in [4.69, 9.17) is 5.73 Å². The van der Waals surface area contributed by atoms with Crippen molar-refractivity contribution < 1.29 is 4.79 Å². The highest BCUT2D eigenvalue weighted by Crippen LogP contribution is 2.32. The van der Waals surface area contributed by atoms with Crippen LogP contribution in [0.15, 0.2) is 33.2 Å². The Kier molecular flexibility index (Phi) is 5.00. The molecule has 0 saturated heterocycles. The van der Waals surface area contributed by atoms with Crippen molar-refractivity contribution in [3.8, 4) is 0 Å². The molecule has 0 atom stereocenters. The molecule has 1 heterocycles. The Labute approximate surface area is 140 Å². The molecule has 0 fully saturated rings. The van der Waals surface area contributed by atoms with Crippen molar-refractivity contribution in [3.63, 3.8) is 0 Å². The molecule has 0 radical (unpaired) electrons. The molecule has 0 aliphatic rings. The standard InChI is InChI=1S/C15H15Br2N3O/c1-3-10-6-9(7-13(18)19-10)15(21)20-14-11(16)4-8(2)5-12(14)17/h4-7H,3H2,1-2H3,(H2,18,19)(H,20,21). The number of hydrogen-bond acceptors (Lipinski definition) is 3. The van der Waals surface area contributed by atoms with Crippen molar-refractivity contribution in [1.82, 2.24) is 4.98 Å². The predicted octanol–water partition coefficient (Wildman–Crippen LogP) is 4.31. The van der Waals surface area contributed by atoms with E-state index >= 15 is 0 Å². The number of anilines is 2. The molecule has 6 heteroatoms. The van der Waals surface area contributed by atoms with Gasteiger partial charge >= 0.3 is 0 Å². The first kappa shape index (κ1) is 16.0. The quantitative estimate of drug-likeness (QED) is 0.788. The SMILES string of the molecule is CCc1cc(C(=O)Nc2c(Br)cc(C)cc2Br)cc(N)n1. The van der Waals surface area contributed by atoms with Crippen molar-refractivity contribution in [1.29, 1.82) is 0 Å². The van der Waals surface area contributed by atoms with Gasteiger partial charge in [0.15, 0.2) is 0 Å². The summed E-state index contributed by atoms with van der Waals surface area (Å²) >= 11 is 6.92. The third kappa shape index (κ3) is 3.83. The van der Waals surface area contributed by atoms with Crippen molar-refractivity contribution in [2.24, 2.45) is 0 Å². The first-order valence-electron chi connectivity index (χ1n) is 6.44. The normalized spacial score (nSPS) is 10.5. The van der Waals surface area contributed by atoms with E-state index in [9.17, 15) is 4.79 Å². The molecule has 1 aromatic carbocycles. The number of rotatable bonds is 3. The monoisotopic (exact) mass is 411 g/mol. The Balaban J connectivity index is 2.32. The molecule has 3 N–H and O–H groups in total. The highest BCUT2D eigenvalue weighted by atomic mass is 79.9. The van der Waals surface area contributed by atoms with E-state index in [1.54, 1.807) is 12.1 Å². The van der Waals surface area contributed by atoms with Gasteiger partial charge in [0, 0.05) is 20.2 Å². The Morgan fingerprint density at radius 3 is 2.43 bits per heavy atom. The van der Waals surface area contributed by atoms with Crippen LogP contribution >= 0.6 is 31.9 Å². The van der Waals surface area contributed by atoms with Gasteiger partial charge in [-0.05, 0) is 75.0 Å².